The number of carbonyl (C=O) groups excluding carboxylic acids is 1. The maximum Gasteiger partial charge on any atom is 0.338 e. The van der Waals surface area contributed by atoms with Gasteiger partial charge in [-0.2, -0.15) is 0 Å². The van der Waals surface area contributed by atoms with E-state index < -0.39 is 0 Å². The molecule has 0 bridgehead atoms. The SMILES string of the molecule is CCCCCOC(=O)C1OC1CC. The van der Waals surface area contributed by atoms with E-state index in [4.69, 9.17) is 9.47 Å². The van der Waals surface area contributed by atoms with Crippen LogP contribution in [0.2, 0.25) is 0 Å². The van der Waals surface area contributed by atoms with E-state index in [9.17, 15) is 4.79 Å². The molecule has 1 aliphatic heterocycles. The average molecular weight is 186 g/mol. The lowest BCUT2D eigenvalue weighted by atomic mass is 10.2. The fourth-order valence-corrected chi connectivity index (χ4v) is 1.27. The summed E-state index contributed by atoms with van der Waals surface area (Å²) in [5.41, 5.74) is 0. The van der Waals surface area contributed by atoms with Gasteiger partial charge in [-0.15, -0.1) is 0 Å². The molecule has 1 rings (SSSR count). The van der Waals surface area contributed by atoms with Gasteiger partial charge in [0, 0.05) is 0 Å². The quantitative estimate of drug-likeness (QED) is 0.361. The highest BCUT2D eigenvalue weighted by Gasteiger charge is 2.44. The first-order valence-electron chi connectivity index (χ1n) is 5.11. The first kappa shape index (κ1) is 10.5. The van der Waals surface area contributed by atoms with Gasteiger partial charge in [-0.05, 0) is 12.8 Å². The number of epoxide rings is 1. The molecular formula is C10H18O3. The molecule has 0 aromatic rings. The monoisotopic (exact) mass is 186 g/mol. The van der Waals surface area contributed by atoms with Gasteiger partial charge in [0.05, 0.1) is 12.7 Å². The molecule has 3 nitrogen and oxygen atoms in total. The summed E-state index contributed by atoms with van der Waals surface area (Å²) in [7, 11) is 0. The Hall–Kier alpha value is -0.570. The van der Waals surface area contributed by atoms with E-state index in [0.717, 1.165) is 25.7 Å². The van der Waals surface area contributed by atoms with Crippen LogP contribution in [0.15, 0.2) is 0 Å². The molecule has 1 saturated heterocycles. The molecule has 0 aromatic carbocycles. The third-order valence-electron chi connectivity index (χ3n) is 2.21. The van der Waals surface area contributed by atoms with Crippen LogP contribution in [-0.4, -0.2) is 24.8 Å². The number of rotatable bonds is 6. The topological polar surface area (TPSA) is 38.8 Å². The molecule has 13 heavy (non-hydrogen) atoms. The van der Waals surface area contributed by atoms with Crippen LogP contribution < -0.4 is 0 Å². The van der Waals surface area contributed by atoms with Gasteiger partial charge >= 0.3 is 5.97 Å². The van der Waals surface area contributed by atoms with Crippen LogP contribution >= 0.6 is 0 Å². The Balaban J connectivity index is 1.99. The molecule has 0 saturated carbocycles. The predicted molar refractivity (Wildman–Crippen MR) is 49.4 cm³/mol. The largest absolute Gasteiger partial charge is 0.464 e. The fraction of sp³-hybridized carbons (Fsp3) is 0.900. The Morgan fingerprint density at radius 2 is 2.15 bits per heavy atom. The van der Waals surface area contributed by atoms with Gasteiger partial charge < -0.3 is 9.47 Å². The van der Waals surface area contributed by atoms with Crippen molar-refractivity contribution < 1.29 is 14.3 Å². The molecule has 0 spiro atoms. The van der Waals surface area contributed by atoms with E-state index in [1.54, 1.807) is 0 Å². The minimum Gasteiger partial charge on any atom is -0.464 e. The molecule has 1 aliphatic rings. The average Bonchev–Trinajstić information content (AvgIpc) is 2.91. The third-order valence-corrected chi connectivity index (χ3v) is 2.21. The summed E-state index contributed by atoms with van der Waals surface area (Å²) in [5, 5.41) is 0. The van der Waals surface area contributed by atoms with E-state index >= 15 is 0 Å². The molecule has 76 valence electrons. The number of hydrogen-bond donors (Lipinski definition) is 0. The van der Waals surface area contributed by atoms with Crippen molar-refractivity contribution in [3.63, 3.8) is 0 Å². The Morgan fingerprint density at radius 1 is 1.38 bits per heavy atom. The number of carbonyl (C=O) groups is 1. The van der Waals surface area contributed by atoms with E-state index in [1.165, 1.54) is 0 Å². The van der Waals surface area contributed by atoms with Gasteiger partial charge in [0.1, 0.15) is 0 Å². The maximum absolute atomic E-state index is 11.2. The first-order valence-corrected chi connectivity index (χ1v) is 5.11. The fourth-order valence-electron chi connectivity index (χ4n) is 1.27. The molecule has 2 unspecified atom stereocenters. The van der Waals surface area contributed by atoms with Crippen LogP contribution in [0.4, 0.5) is 0 Å². The van der Waals surface area contributed by atoms with E-state index in [2.05, 4.69) is 6.92 Å². The van der Waals surface area contributed by atoms with Gasteiger partial charge in [-0.3, -0.25) is 0 Å². The van der Waals surface area contributed by atoms with Gasteiger partial charge in [-0.25, -0.2) is 4.79 Å². The minimum absolute atomic E-state index is 0.124. The minimum atomic E-state index is -0.258. The Kier molecular flexibility index (Phi) is 4.22. The number of hydrogen-bond acceptors (Lipinski definition) is 3. The van der Waals surface area contributed by atoms with Crippen molar-refractivity contribution in [3.05, 3.63) is 0 Å². The van der Waals surface area contributed by atoms with E-state index in [1.807, 2.05) is 6.92 Å². The van der Waals surface area contributed by atoms with Crippen molar-refractivity contribution in [3.8, 4) is 0 Å². The molecule has 2 atom stereocenters. The lowest BCUT2D eigenvalue weighted by molar-refractivity contribution is -0.145. The van der Waals surface area contributed by atoms with Crippen molar-refractivity contribution in [2.45, 2.75) is 51.7 Å². The van der Waals surface area contributed by atoms with E-state index in [-0.39, 0.29) is 18.2 Å². The highest BCUT2D eigenvalue weighted by molar-refractivity contribution is 5.77. The zero-order valence-electron chi connectivity index (χ0n) is 8.41. The number of ether oxygens (including phenoxy) is 2. The summed E-state index contributed by atoms with van der Waals surface area (Å²) in [6, 6.07) is 0. The molecule has 1 heterocycles. The third kappa shape index (κ3) is 3.35. The van der Waals surface area contributed by atoms with Crippen molar-refractivity contribution in [2.75, 3.05) is 6.61 Å². The second-order valence-electron chi connectivity index (χ2n) is 3.38. The molecule has 0 aromatic heterocycles. The molecule has 0 aliphatic carbocycles. The standard InChI is InChI=1S/C10H18O3/c1-3-5-6-7-12-10(11)9-8(4-2)13-9/h8-9H,3-7H2,1-2H3. The van der Waals surface area contributed by atoms with Crippen LogP contribution in [0, 0.1) is 0 Å². The second-order valence-corrected chi connectivity index (χ2v) is 3.38. The molecule has 1 fully saturated rings. The van der Waals surface area contributed by atoms with Crippen molar-refractivity contribution >= 4 is 5.97 Å². The van der Waals surface area contributed by atoms with Gasteiger partial charge in [0.2, 0.25) is 0 Å². The van der Waals surface area contributed by atoms with Crippen LogP contribution in [0.5, 0.6) is 0 Å². The summed E-state index contributed by atoms with van der Waals surface area (Å²) < 4.78 is 10.1. The lowest BCUT2D eigenvalue weighted by Crippen LogP contribution is -2.14. The van der Waals surface area contributed by atoms with Crippen LogP contribution in [0.25, 0.3) is 0 Å². The Bertz CT molecular complexity index is 168. The normalized spacial score (nSPS) is 25.7. The van der Waals surface area contributed by atoms with Crippen molar-refractivity contribution in [2.24, 2.45) is 0 Å². The van der Waals surface area contributed by atoms with E-state index in [0.29, 0.717) is 6.61 Å². The van der Waals surface area contributed by atoms with Crippen LogP contribution in [0.3, 0.4) is 0 Å². The van der Waals surface area contributed by atoms with Gasteiger partial charge in [0.25, 0.3) is 0 Å². The summed E-state index contributed by atoms with van der Waals surface area (Å²) in [4.78, 5) is 11.2. The summed E-state index contributed by atoms with van der Waals surface area (Å²) in [6.07, 6.45) is 4.00. The Morgan fingerprint density at radius 3 is 2.69 bits per heavy atom. The molecule has 0 N–H and O–H groups in total. The smallest absolute Gasteiger partial charge is 0.338 e. The highest BCUT2D eigenvalue weighted by atomic mass is 16.6. The summed E-state index contributed by atoms with van der Waals surface area (Å²) >= 11 is 0. The van der Waals surface area contributed by atoms with Crippen molar-refractivity contribution in [1.29, 1.82) is 0 Å². The molecule has 3 heteroatoms. The molecular weight excluding hydrogens is 168 g/mol. The van der Waals surface area contributed by atoms with Gasteiger partial charge in [-0.1, -0.05) is 26.7 Å². The summed E-state index contributed by atoms with van der Waals surface area (Å²) in [5.74, 6) is -0.178. The zero-order chi connectivity index (χ0) is 9.68. The first-order chi connectivity index (χ1) is 6.29. The number of esters is 1. The maximum atomic E-state index is 11.2. The number of unbranched alkanes of at least 4 members (excludes halogenated alkanes) is 2. The molecule has 0 amide bonds. The second kappa shape index (κ2) is 5.22. The zero-order valence-corrected chi connectivity index (χ0v) is 8.41. The van der Waals surface area contributed by atoms with Gasteiger partial charge in [0.15, 0.2) is 6.10 Å². The predicted octanol–water partition coefficient (Wildman–Crippen LogP) is 1.90. The van der Waals surface area contributed by atoms with Crippen LogP contribution in [0.1, 0.15) is 39.5 Å². The highest BCUT2D eigenvalue weighted by Crippen LogP contribution is 2.25. The van der Waals surface area contributed by atoms with Crippen molar-refractivity contribution in [1.82, 2.24) is 0 Å². The lowest BCUT2D eigenvalue weighted by Gasteiger charge is -2.00. The van der Waals surface area contributed by atoms with Crippen LogP contribution in [-0.2, 0) is 14.3 Å². The summed E-state index contributed by atoms with van der Waals surface area (Å²) in [6.45, 7) is 4.68. The Labute approximate surface area is 79.4 Å². The molecule has 0 radical (unpaired) electrons.